The predicted octanol–water partition coefficient (Wildman–Crippen LogP) is 4.12. The van der Waals surface area contributed by atoms with Gasteiger partial charge in [0.05, 0.1) is 12.5 Å². The quantitative estimate of drug-likeness (QED) is 0.691. The van der Waals surface area contributed by atoms with Crippen LogP contribution in [0.2, 0.25) is 0 Å². The van der Waals surface area contributed by atoms with E-state index >= 15 is 0 Å². The Morgan fingerprint density at radius 2 is 2.04 bits per heavy atom. The zero-order valence-corrected chi connectivity index (χ0v) is 16.4. The van der Waals surface area contributed by atoms with Gasteiger partial charge in [-0.25, -0.2) is 0 Å². The molecule has 1 aliphatic heterocycles. The summed E-state index contributed by atoms with van der Waals surface area (Å²) in [5, 5.41) is 0. The molecule has 2 aromatic rings. The fourth-order valence-corrected chi connectivity index (χ4v) is 3.83. The van der Waals surface area contributed by atoms with E-state index in [0.717, 1.165) is 38.9 Å². The Balaban J connectivity index is 1.67. The highest BCUT2D eigenvalue weighted by atomic mass is 16.5. The molecule has 1 fully saturated rings. The number of ether oxygens (including phenoxy) is 1. The summed E-state index contributed by atoms with van der Waals surface area (Å²) in [6.07, 6.45) is 7.39. The molecule has 27 heavy (non-hydrogen) atoms. The van der Waals surface area contributed by atoms with Crippen molar-refractivity contribution >= 4 is 11.5 Å². The summed E-state index contributed by atoms with van der Waals surface area (Å²) in [4.78, 5) is 14.4. The van der Waals surface area contributed by atoms with Gasteiger partial charge in [0.25, 0.3) is 0 Å². The standard InChI is InChI=1S/C23H30N2O2/c1-3-27-23(26)20-12-7-16-25(18-20)17-8-13-21(19-10-5-4-6-11-19)22-14-9-15-24(22)2/h4-6,9-11,13-15,20H,3,7-8,12,16-18H2,1-2H3/b21-13+. The highest BCUT2D eigenvalue weighted by Crippen LogP contribution is 2.24. The molecule has 1 aliphatic rings. The van der Waals surface area contributed by atoms with Crippen molar-refractivity contribution in [1.29, 1.82) is 0 Å². The predicted molar refractivity (Wildman–Crippen MR) is 109 cm³/mol. The highest BCUT2D eigenvalue weighted by molar-refractivity contribution is 5.78. The van der Waals surface area contributed by atoms with Gasteiger partial charge in [-0.15, -0.1) is 0 Å². The molecule has 0 N–H and O–H groups in total. The second-order valence-corrected chi connectivity index (χ2v) is 7.17. The number of hydrogen-bond donors (Lipinski definition) is 0. The van der Waals surface area contributed by atoms with Gasteiger partial charge in [-0.1, -0.05) is 36.4 Å². The molecule has 4 heteroatoms. The average Bonchev–Trinajstić information content (AvgIpc) is 3.12. The van der Waals surface area contributed by atoms with E-state index in [0.29, 0.717) is 6.61 Å². The van der Waals surface area contributed by atoms with E-state index < -0.39 is 0 Å². The van der Waals surface area contributed by atoms with Gasteiger partial charge in [0.2, 0.25) is 0 Å². The lowest BCUT2D eigenvalue weighted by Crippen LogP contribution is -2.39. The molecule has 0 aliphatic carbocycles. The Morgan fingerprint density at radius 1 is 1.22 bits per heavy atom. The summed E-state index contributed by atoms with van der Waals surface area (Å²) in [5.74, 6) is -0.00401. The summed E-state index contributed by atoms with van der Waals surface area (Å²) >= 11 is 0. The number of nitrogens with zero attached hydrogens (tertiary/aromatic N) is 2. The number of rotatable bonds is 7. The number of hydrogen-bond acceptors (Lipinski definition) is 3. The van der Waals surface area contributed by atoms with Crippen LogP contribution in [0.1, 0.15) is 37.4 Å². The van der Waals surface area contributed by atoms with Gasteiger partial charge in [-0.05, 0) is 50.4 Å². The van der Waals surface area contributed by atoms with Crippen LogP contribution < -0.4 is 0 Å². The molecule has 1 saturated heterocycles. The first-order chi connectivity index (χ1) is 13.2. The lowest BCUT2D eigenvalue weighted by atomic mass is 9.97. The summed E-state index contributed by atoms with van der Waals surface area (Å²) in [5.41, 5.74) is 3.73. The maximum Gasteiger partial charge on any atom is 0.310 e. The van der Waals surface area contributed by atoms with E-state index in [1.807, 2.05) is 6.92 Å². The fourth-order valence-electron chi connectivity index (χ4n) is 3.83. The first kappa shape index (κ1) is 19.4. The zero-order valence-electron chi connectivity index (χ0n) is 16.4. The van der Waals surface area contributed by atoms with Crippen LogP contribution in [-0.2, 0) is 16.6 Å². The number of benzene rings is 1. The molecule has 0 bridgehead atoms. The Bertz CT molecular complexity index is 764. The normalized spacial score (nSPS) is 18.4. The van der Waals surface area contributed by atoms with Crippen molar-refractivity contribution in [3.05, 3.63) is 66.0 Å². The first-order valence-electron chi connectivity index (χ1n) is 9.95. The van der Waals surface area contributed by atoms with Crippen molar-refractivity contribution in [3.63, 3.8) is 0 Å². The number of likely N-dealkylation sites (tertiary alicyclic amines) is 1. The van der Waals surface area contributed by atoms with Crippen LogP contribution in [-0.4, -0.2) is 41.7 Å². The molecule has 1 aromatic heterocycles. The van der Waals surface area contributed by atoms with Gasteiger partial charge in [0, 0.05) is 37.6 Å². The lowest BCUT2D eigenvalue weighted by molar-refractivity contribution is -0.149. The molecule has 4 nitrogen and oxygen atoms in total. The lowest BCUT2D eigenvalue weighted by Gasteiger charge is -2.31. The molecule has 1 unspecified atom stereocenters. The van der Waals surface area contributed by atoms with Crippen molar-refractivity contribution in [1.82, 2.24) is 9.47 Å². The van der Waals surface area contributed by atoms with Crippen LogP contribution in [0.3, 0.4) is 0 Å². The number of piperidine rings is 1. The van der Waals surface area contributed by atoms with E-state index in [1.54, 1.807) is 0 Å². The SMILES string of the molecule is CCOC(=O)C1CCCN(CC/C=C(\c2ccccc2)c2cccn2C)C1. The molecule has 0 amide bonds. The topological polar surface area (TPSA) is 34.5 Å². The summed E-state index contributed by atoms with van der Waals surface area (Å²) in [6.45, 7) is 5.19. The Morgan fingerprint density at radius 3 is 2.74 bits per heavy atom. The van der Waals surface area contributed by atoms with E-state index in [9.17, 15) is 4.79 Å². The Labute approximate surface area is 162 Å². The average molecular weight is 367 g/mol. The van der Waals surface area contributed by atoms with Gasteiger partial charge in [0.15, 0.2) is 0 Å². The molecular weight excluding hydrogens is 336 g/mol. The maximum atomic E-state index is 12.0. The third kappa shape index (κ3) is 5.10. The minimum Gasteiger partial charge on any atom is -0.466 e. The second kappa shape index (κ2) is 9.56. The Kier molecular flexibility index (Phi) is 6.88. The van der Waals surface area contributed by atoms with Crippen LogP contribution >= 0.6 is 0 Å². The van der Waals surface area contributed by atoms with Crippen LogP contribution in [0.25, 0.3) is 5.57 Å². The van der Waals surface area contributed by atoms with Crippen molar-refractivity contribution < 1.29 is 9.53 Å². The number of esters is 1. The molecule has 0 spiro atoms. The number of aromatic nitrogens is 1. The fraction of sp³-hybridized carbons (Fsp3) is 0.435. The number of carbonyl (C=O) groups is 1. The first-order valence-corrected chi connectivity index (χ1v) is 9.95. The van der Waals surface area contributed by atoms with Gasteiger partial charge >= 0.3 is 5.97 Å². The summed E-state index contributed by atoms with van der Waals surface area (Å²) in [6, 6.07) is 14.8. The molecule has 2 heterocycles. The summed E-state index contributed by atoms with van der Waals surface area (Å²) < 4.78 is 7.38. The largest absolute Gasteiger partial charge is 0.466 e. The Hall–Kier alpha value is -2.33. The van der Waals surface area contributed by atoms with Crippen LogP contribution in [0, 0.1) is 5.92 Å². The van der Waals surface area contributed by atoms with E-state index in [-0.39, 0.29) is 11.9 Å². The van der Waals surface area contributed by atoms with Crippen molar-refractivity contribution in [2.24, 2.45) is 13.0 Å². The maximum absolute atomic E-state index is 12.0. The second-order valence-electron chi connectivity index (χ2n) is 7.17. The van der Waals surface area contributed by atoms with Gasteiger partial charge < -0.3 is 14.2 Å². The van der Waals surface area contributed by atoms with Crippen LogP contribution in [0.4, 0.5) is 0 Å². The van der Waals surface area contributed by atoms with Crippen LogP contribution in [0.15, 0.2) is 54.7 Å². The summed E-state index contributed by atoms with van der Waals surface area (Å²) in [7, 11) is 2.08. The van der Waals surface area contributed by atoms with Crippen molar-refractivity contribution in [2.75, 3.05) is 26.2 Å². The van der Waals surface area contributed by atoms with Crippen molar-refractivity contribution in [2.45, 2.75) is 26.2 Å². The monoisotopic (exact) mass is 366 g/mol. The van der Waals surface area contributed by atoms with E-state index in [4.69, 9.17) is 4.74 Å². The molecule has 3 rings (SSSR count). The minimum atomic E-state index is -0.0356. The third-order valence-corrected chi connectivity index (χ3v) is 5.22. The smallest absolute Gasteiger partial charge is 0.310 e. The van der Waals surface area contributed by atoms with Crippen molar-refractivity contribution in [3.8, 4) is 0 Å². The third-order valence-electron chi connectivity index (χ3n) is 5.22. The van der Waals surface area contributed by atoms with Gasteiger partial charge in [-0.3, -0.25) is 4.79 Å². The highest BCUT2D eigenvalue weighted by Gasteiger charge is 2.26. The van der Waals surface area contributed by atoms with Crippen LogP contribution in [0.5, 0.6) is 0 Å². The number of aryl methyl sites for hydroxylation is 1. The molecule has 1 atom stereocenters. The molecule has 1 aromatic carbocycles. The van der Waals surface area contributed by atoms with Gasteiger partial charge in [0.1, 0.15) is 0 Å². The minimum absolute atomic E-state index is 0.0316. The van der Waals surface area contributed by atoms with E-state index in [1.165, 1.54) is 16.8 Å². The molecule has 144 valence electrons. The number of carbonyl (C=O) groups excluding carboxylic acids is 1. The molecule has 0 radical (unpaired) electrons. The zero-order chi connectivity index (χ0) is 19.1. The van der Waals surface area contributed by atoms with Gasteiger partial charge in [-0.2, -0.15) is 0 Å². The molecular formula is C23H30N2O2. The van der Waals surface area contributed by atoms with E-state index in [2.05, 4.69) is 71.3 Å². The molecule has 0 saturated carbocycles.